The third-order valence-corrected chi connectivity index (χ3v) is 8.25. The second kappa shape index (κ2) is 10.3. The van der Waals surface area contributed by atoms with Crippen LogP contribution in [0.15, 0.2) is 24.3 Å². The van der Waals surface area contributed by atoms with E-state index in [1.165, 1.54) is 63.1 Å². The molecule has 182 valence electrons. The van der Waals surface area contributed by atoms with Crippen LogP contribution in [0, 0.1) is 29.4 Å². The zero-order chi connectivity index (χ0) is 23.6. The molecule has 2 saturated carbocycles. The first-order chi connectivity index (χ1) is 15.8. The van der Waals surface area contributed by atoms with Crippen molar-refractivity contribution in [3.63, 3.8) is 0 Å². The minimum atomic E-state index is -4.85. The second-order valence-electron chi connectivity index (χ2n) is 10.4. The first-order valence-corrected chi connectivity index (χ1v) is 12.8. The summed E-state index contributed by atoms with van der Waals surface area (Å²) >= 11 is 0. The Kier molecular flexibility index (Phi) is 7.65. The lowest BCUT2D eigenvalue weighted by Crippen LogP contribution is -2.31. The van der Waals surface area contributed by atoms with Crippen molar-refractivity contribution >= 4 is 10.8 Å². The molecule has 0 heterocycles. The molecule has 2 aliphatic rings. The van der Waals surface area contributed by atoms with Gasteiger partial charge in [0.25, 0.3) is 0 Å². The smallest absolute Gasteiger partial charge is 0.206 e. The highest BCUT2D eigenvalue weighted by atomic mass is 19.4. The Labute approximate surface area is 193 Å². The monoisotopic (exact) mass is 466 g/mol. The quantitative estimate of drug-likeness (QED) is 0.281. The number of benzene rings is 2. The fourth-order valence-corrected chi connectivity index (χ4v) is 6.56. The minimum absolute atomic E-state index is 0.0228. The molecule has 0 nitrogen and oxygen atoms in total. The standard InChI is InChI=1S/C28H35F5/c1-2-3-4-5-6-8-18-11-12-20-16-21(14-13-19(20)15-18)23-17-22-9-7-10-24(29)25(22)27(30)26(23)28(31,32)33/h7,9-10,17-21H,2-6,8,11-16H2,1H3/t18-,19?,20-,21?/m1/s1. The number of halogens is 5. The van der Waals surface area contributed by atoms with E-state index in [-0.39, 0.29) is 16.9 Å². The average Bonchev–Trinajstić information content (AvgIpc) is 2.77. The molecule has 5 heteroatoms. The molecule has 33 heavy (non-hydrogen) atoms. The third kappa shape index (κ3) is 5.38. The van der Waals surface area contributed by atoms with Crippen LogP contribution >= 0.6 is 0 Å². The van der Waals surface area contributed by atoms with Crippen LogP contribution in [0.5, 0.6) is 0 Å². The van der Waals surface area contributed by atoms with Gasteiger partial charge in [-0.25, -0.2) is 8.78 Å². The van der Waals surface area contributed by atoms with Crippen molar-refractivity contribution in [3.8, 4) is 0 Å². The number of fused-ring (bicyclic) bond motifs is 2. The number of alkyl halides is 3. The molecule has 0 saturated heterocycles. The normalized spacial score (nSPS) is 25.9. The summed E-state index contributed by atoms with van der Waals surface area (Å²) in [5.41, 5.74) is -1.24. The zero-order valence-corrected chi connectivity index (χ0v) is 19.5. The van der Waals surface area contributed by atoms with Crippen LogP contribution in [0.1, 0.15) is 101 Å². The highest BCUT2D eigenvalue weighted by molar-refractivity contribution is 5.86. The maximum atomic E-state index is 15.1. The van der Waals surface area contributed by atoms with E-state index in [9.17, 15) is 17.6 Å². The van der Waals surface area contributed by atoms with E-state index in [1.807, 2.05) is 0 Å². The van der Waals surface area contributed by atoms with Crippen molar-refractivity contribution in [1.29, 1.82) is 0 Å². The lowest BCUT2D eigenvalue weighted by molar-refractivity contribution is -0.140. The summed E-state index contributed by atoms with van der Waals surface area (Å²) in [5.74, 6) is -0.993. The van der Waals surface area contributed by atoms with Gasteiger partial charge in [0.05, 0.1) is 10.9 Å². The highest BCUT2D eigenvalue weighted by Gasteiger charge is 2.42. The molecular weight excluding hydrogens is 431 g/mol. The number of unbranched alkanes of at least 4 members (excludes halogenated alkanes) is 4. The van der Waals surface area contributed by atoms with Crippen LogP contribution < -0.4 is 0 Å². The van der Waals surface area contributed by atoms with Gasteiger partial charge in [-0.15, -0.1) is 0 Å². The SMILES string of the molecule is CCCCCCC[C@@H]1CC[C@@H]2CC(c3cc4cccc(F)c4c(F)c3C(F)(F)F)CCC2C1. The maximum absolute atomic E-state index is 15.1. The van der Waals surface area contributed by atoms with Crippen molar-refractivity contribution in [1.82, 2.24) is 0 Å². The van der Waals surface area contributed by atoms with E-state index in [1.54, 1.807) is 0 Å². The molecule has 2 aromatic carbocycles. The fraction of sp³-hybridized carbons (Fsp3) is 0.643. The molecule has 0 bridgehead atoms. The van der Waals surface area contributed by atoms with Gasteiger partial charge in [0.1, 0.15) is 11.6 Å². The molecule has 0 aromatic heterocycles. The van der Waals surface area contributed by atoms with Gasteiger partial charge in [0.2, 0.25) is 0 Å². The molecule has 4 atom stereocenters. The molecule has 0 spiro atoms. The lowest BCUT2D eigenvalue weighted by Gasteiger charge is -2.43. The van der Waals surface area contributed by atoms with Crippen molar-refractivity contribution < 1.29 is 22.0 Å². The van der Waals surface area contributed by atoms with Crippen LogP contribution in [0.4, 0.5) is 22.0 Å². The first-order valence-electron chi connectivity index (χ1n) is 12.8. The Bertz CT molecular complexity index is 947. The lowest BCUT2D eigenvalue weighted by atomic mass is 9.63. The largest absolute Gasteiger partial charge is 0.419 e. The number of hydrogen-bond donors (Lipinski definition) is 0. The van der Waals surface area contributed by atoms with E-state index in [0.29, 0.717) is 24.7 Å². The van der Waals surface area contributed by atoms with Gasteiger partial charge >= 0.3 is 6.18 Å². The van der Waals surface area contributed by atoms with Gasteiger partial charge in [-0.2, -0.15) is 13.2 Å². The van der Waals surface area contributed by atoms with E-state index in [2.05, 4.69) is 6.92 Å². The molecule has 2 fully saturated rings. The predicted molar refractivity (Wildman–Crippen MR) is 123 cm³/mol. The van der Waals surface area contributed by atoms with Gasteiger partial charge in [-0.3, -0.25) is 0 Å². The van der Waals surface area contributed by atoms with Crippen LogP contribution in [-0.4, -0.2) is 0 Å². The van der Waals surface area contributed by atoms with E-state index in [0.717, 1.165) is 31.2 Å². The van der Waals surface area contributed by atoms with Gasteiger partial charge < -0.3 is 0 Å². The Morgan fingerprint density at radius 2 is 1.61 bits per heavy atom. The minimum Gasteiger partial charge on any atom is -0.206 e. The molecule has 0 radical (unpaired) electrons. The summed E-state index contributed by atoms with van der Waals surface area (Å²) in [5, 5.41) is -0.342. The molecule has 0 amide bonds. The van der Waals surface area contributed by atoms with Gasteiger partial charge in [-0.1, -0.05) is 64.0 Å². The van der Waals surface area contributed by atoms with Gasteiger partial charge in [-0.05, 0) is 78.9 Å². The summed E-state index contributed by atoms with van der Waals surface area (Å²) in [6.45, 7) is 2.22. The summed E-state index contributed by atoms with van der Waals surface area (Å²) in [6.07, 6.45) is 8.52. The van der Waals surface area contributed by atoms with Crippen molar-refractivity contribution in [2.24, 2.45) is 17.8 Å². The van der Waals surface area contributed by atoms with Crippen LogP contribution in [0.25, 0.3) is 10.8 Å². The Morgan fingerprint density at radius 3 is 2.36 bits per heavy atom. The Hall–Kier alpha value is -1.65. The highest BCUT2D eigenvalue weighted by Crippen LogP contribution is 2.51. The van der Waals surface area contributed by atoms with Crippen LogP contribution in [-0.2, 0) is 6.18 Å². The topological polar surface area (TPSA) is 0 Å². The fourth-order valence-electron chi connectivity index (χ4n) is 6.56. The van der Waals surface area contributed by atoms with E-state index < -0.39 is 28.8 Å². The van der Waals surface area contributed by atoms with E-state index >= 15 is 4.39 Å². The molecule has 0 N–H and O–H groups in total. The zero-order valence-electron chi connectivity index (χ0n) is 19.5. The summed E-state index contributed by atoms with van der Waals surface area (Å²) in [7, 11) is 0. The molecule has 2 unspecified atom stereocenters. The average molecular weight is 467 g/mol. The van der Waals surface area contributed by atoms with Crippen molar-refractivity contribution in [2.45, 2.75) is 96.1 Å². The molecule has 0 aliphatic heterocycles. The summed E-state index contributed by atoms with van der Waals surface area (Å²) in [4.78, 5) is 0. The maximum Gasteiger partial charge on any atom is 0.419 e. The first kappa shape index (κ1) is 24.5. The summed E-state index contributed by atoms with van der Waals surface area (Å²) < 4.78 is 71.1. The molecule has 2 aromatic rings. The predicted octanol–water partition coefficient (Wildman–Crippen LogP) is 9.80. The third-order valence-electron chi connectivity index (χ3n) is 8.25. The van der Waals surface area contributed by atoms with Gasteiger partial charge in [0, 0.05) is 0 Å². The second-order valence-corrected chi connectivity index (χ2v) is 10.4. The van der Waals surface area contributed by atoms with Gasteiger partial charge in [0.15, 0.2) is 0 Å². The van der Waals surface area contributed by atoms with Crippen LogP contribution in [0.2, 0.25) is 0 Å². The molecule has 2 aliphatic carbocycles. The van der Waals surface area contributed by atoms with E-state index in [4.69, 9.17) is 0 Å². The van der Waals surface area contributed by atoms with Crippen molar-refractivity contribution in [2.75, 3.05) is 0 Å². The molecule has 4 rings (SSSR count). The molecular formula is C28H35F5. The number of hydrogen-bond acceptors (Lipinski definition) is 0. The summed E-state index contributed by atoms with van der Waals surface area (Å²) in [6, 6.07) is 5.34. The number of rotatable bonds is 7. The Morgan fingerprint density at radius 1 is 0.879 bits per heavy atom. The van der Waals surface area contributed by atoms with Crippen molar-refractivity contribution in [3.05, 3.63) is 47.0 Å². The Balaban J connectivity index is 1.49. The van der Waals surface area contributed by atoms with Crippen LogP contribution in [0.3, 0.4) is 0 Å².